The average Bonchev–Trinajstić information content (AvgIpc) is 2.74. The number of benzene rings is 2. The quantitative estimate of drug-likeness (QED) is 0.592. The Kier molecular flexibility index (Phi) is 5.65. The molecule has 3 aromatic rings. The number of anilines is 1. The van der Waals surface area contributed by atoms with E-state index in [1.165, 1.54) is 0 Å². The van der Waals surface area contributed by atoms with Crippen LogP contribution in [0.2, 0.25) is 0 Å². The van der Waals surface area contributed by atoms with Gasteiger partial charge in [0, 0.05) is 22.2 Å². The minimum atomic E-state index is -0.190. The van der Waals surface area contributed by atoms with Crippen molar-refractivity contribution in [1.29, 1.82) is 0 Å². The number of rotatable bonds is 6. The number of hydrogen-bond donors (Lipinski definition) is 2. The van der Waals surface area contributed by atoms with Crippen LogP contribution in [-0.2, 0) is 12.8 Å². The SMILES string of the molecule is CCCCOc1ccc(C(=O)Nc2ccc3c4c(c(=O)[nH]c3c2)CCCC4)cc1. The highest BCUT2D eigenvalue weighted by Crippen LogP contribution is 2.27. The van der Waals surface area contributed by atoms with Crippen LogP contribution in [0.25, 0.3) is 10.9 Å². The van der Waals surface area contributed by atoms with Crippen molar-refractivity contribution in [2.75, 3.05) is 11.9 Å². The van der Waals surface area contributed by atoms with Gasteiger partial charge in [0.15, 0.2) is 0 Å². The summed E-state index contributed by atoms with van der Waals surface area (Å²) >= 11 is 0. The number of unbranched alkanes of at least 4 members (excludes halogenated alkanes) is 1. The highest BCUT2D eigenvalue weighted by molar-refractivity contribution is 6.05. The van der Waals surface area contributed by atoms with Crippen LogP contribution in [0.3, 0.4) is 0 Å². The zero-order valence-electron chi connectivity index (χ0n) is 16.7. The molecular weight excluding hydrogens is 364 g/mol. The smallest absolute Gasteiger partial charge is 0.255 e. The largest absolute Gasteiger partial charge is 0.494 e. The number of pyridine rings is 1. The molecule has 0 radical (unpaired) electrons. The van der Waals surface area contributed by atoms with E-state index in [1.54, 1.807) is 12.1 Å². The van der Waals surface area contributed by atoms with Crippen LogP contribution in [0, 0.1) is 0 Å². The molecule has 1 amide bonds. The molecule has 5 heteroatoms. The summed E-state index contributed by atoms with van der Waals surface area (Å²) in [7, 11) is 0. The van der Waals surface area contributed by atoms with Gasteiger partial charge in [0.1, 0.15) is 5.75 Å². The Bertz CT molecular complexity index is 1080. The Morgan fingerprint density at radius 2 is 1.83 bits per heavy atom. The van der Waals surface area contributed by atoms with Gasteiger partial charge in [0.05, 0.1) is 12.1 Å². The number of nitrogens with one attached hydrogen (secondary N) is 2. The molecule has 1 heterocycles. The van der Waals surface area contributed by atoms with Crippen LogP contribution in [-0.4, -0.2) is 17.5 Å². The molecule has 0 fully saturated rings. The molecule has 0 aliphatic heterocycles. The molecule has 0 atom stereocenters. The maximum atomic E-state index is 12.6. The van der Waals surface area contributed by atoms with Crippen molar-refractivity contribution in [2.45, 2.75) is 45.4 Å². The van der Waals surface area contributed by atoms with Crippen molar-refractivity contribution in [3.05, 3.63) is 69.5 Å². The number of fused-ring (bicyclic) bond motifs is 3. The van der Waals surface area contributed by atoms with E-state index in [2.05, 4.69) is 17.2 Å². The Morgan fingerprint density at radius 3 is 2.59 bits per heavy atom. The number of H-pyrrole nitrogens is 1. The maximum Gasteiger partial charge on any atom is 0.255 e. The standard InChI is InChI=1S/C24H26N2O3/c1-2-3-14-29-18-11-8-16(9-12-18)23(27)25-17-10-13-20-19-6-4-5-7-21(19)24(28)26-22(20)15-17/h8-13,15H,2-7,14H2,1H3,(H,25,27)(H,26,28). The van der Waals surface area contributed by atoms with E-state index in [0.29, 0.717) is 17.9 Å². The summed E-state index contributed by atoms with van der Waals surface area (Å²) in [5.74, 6) is 0.577. The minimum Gasteiger partial charge on any atom is -0.494 e. The van der Waals surface area contributed by atoms with Crippen molar-refractivity contribution in [2.24, 2.45) is 0 Å². The van der Waals surface area contributed by atoms with E-state index in [-0.39, 0.29) is 11.5 Å². The highest BCUT2D eigenvalue weighted by Gasteiger charge is 2.16. The first-order valence-electron chi connectivity index (χ1n) is 10.4. The van der Waals surface area contributed by atoms with E-state index >= 15 is 0 Å². The number of hydrogen-bond acceptors (Lipinski definition) is 3. The fourth-order valence-electron chi connectivity index (χ4n) is 3.88. The molecule has 1 aliphatic carbocycles. The lowest BCUT2D eigenvalue weighted by Crippen LogP contribution is -2.19. The molecule has 150 valence electrons. The summed E-state index contributed by atoms with van der Waals surface area (Å²) in [5, 5.41) is 3.99. The number of amides is 1. The van der Waals surface area contributed by atoms with Crippen LogP contribution >= 0.6 is 0 Å². The molecule has 29 heavy (non-hydrogen) atoms. The number of carbonyl (C=O) groups is 1. The van der Waals surface area contributed by atoms with Gasteiger partial charge in [-0.2, -0.15) is 0 Å². The molecule has 1 aromatic heterocycles. The normalized spacial score (nSPS) is 13.1. The van der Waals surface area contributed by atoms with Gasteiger partial charge in [-0.3, -0.25) is 9.59 Å². The van der Waals surface area contributed by atoms with Crippen molar-refractivity contribution in [3.63, 3.8) is 0 Å². The highest BCUT2D eigenvalue weighted by atomic mass is 16.5. The van der Waals surface area contributed by atoms with Crippen molar-refractivity contribution < 1.29 is 9.53 Å². The monoisotopic (exact) mass is 390 g/mol. The third kappa shape index (κ3) is 4.19. The Morgan fingerprint density at radius 1 is 1.07 bits per heavy atom. The van der Waals surface area contributed by atoms with Gasteiger partial charge in [-0.25, -0.2) is 0 Å². The van der Waals surface area contributed by atoms with E-state index in [9.17, 15) is 9.59 Å². The fraction of sp³-hybridized carbons (Fsp3) is 0.333. The van der Waals surface area contributed by atoms with E-state index in [1.807, 2.05) is 30.3 Å². The zero-order valence-corrected chi connectivity index (χ0v) is 16.7. The lowest BCUT2D eigenvalue weighted by molar-refractivity contribution is 0.102. The molecule has 0 saturated carbocycles. The third-order valence-electron chi connectivity index (χ3n) is 5.48. The first-order chi connectivity index (χ1) is 14.2. The molecule has 0 spiro atoms. The molecule has 1 aliphatic rings. The molecule has 5 nitrogen and oxygen atoms in total. The second-order valence-electron chi connectivity index (χ2n) is 7.56. The predicted molar refractivity (Wildman–Crippen MR) is 116 cm³/mol. The summed E-state index contributed by atoms with van der Waals surface area (Å²) in [5.41, 5.74) is 4.07. The van der Waals surface area contributed by atoms with Crippen LogP contribution in [0.5, 0.6) is 5.75 Å². The lowest BCUT2D eigenvalue weighted by atomic mass is 9.90. The molecule has 0 saturated heterocycles. The number of aryl methyl sites for hydroxylation is 1. The maximum absolute atomic E-state index is 12.6. The topological polar surface area (TPSA) is 71.2 Å². The van der Waals surface area contributed by atoms with Gasteiger partial charge in [-0.15, -0.1) is 0 Å². The molecule has 0 bridgehead atoms. The van der Waals surface area contributed by atoms with Crippen LogP contribution in [0.1, 0.15) is 54.1 Å². The van der Waals surface area contributed by atoms with Gasteiger partial charge < -0.3 is 15.0 Å². The van der Waals surface area contributed by atoms with Gasteiger partial charge >= 0.3 is 0 Å². The van der Waals surface area contributed by atoms with Crippen LogP contribution in [0.4, 0.5) is 5.69 Å². The summed E-state index contributed by atoms with van der Waals surface area (Å²) in [6.07, 6.45) is 6.06. The second kappa shape index (κ2) is 8.52. The number of ether oxygens (including phenoxy) is 1. The number of aromatic nitrogens is 1. The molecule has 4 rings (SSSR count). The number of aromatic amines is 1. The van der Waals surface area contributed by atoms with E-state index in [4.69, 9.17) is 4.74 Å². The van der Waals surface area contributed by atoms with Crippen LogP contribution in [0.15, 0.2) is 47.3 Å². The van der Waals surface area contributed by atoms with Gasteiger partial charge in [0.25, 0.3) is 11.5 Å². The third-order valence-corrected chi connectivity index (χ3v) is 5.48. The van der Waals surface area contributed by atoms with Gasteiger partial charge in [-0.1, -0.05) is 19.4 Å². The first-order valence-corrected chi connectivity index (χ1v) is 10.4. The van der Waals surface area contributed by atoms with E-state index < -0.39 is 0 Å². The Balaban J connectivity index is 1.51. The molecule has 0 unspecified atom stereocenters. The molecular formula is C24H26N2O3. The van der Waals surface area contributed by atoms with Gasteiger partial charge in [-0.05, 0) is 74.1 Å². The van der Waals surface area contributed by atoms with Crippen molar-refractivity contribution in [1.82, 2.24) is 4.98 Å². The summed E-state index contributed by atoms with van der Waals surface area (Å²) < 4.78 is 5.64. The van der Waals surface area contributed by atoms with E-state index in [0.717, 1.165) is 66.3 Å². The Labute approximate surface area is 170 Å². The molecule has 2 aromatic carbocycles. The first kappa shape index (κ1) is 19.2. The summed E-state index contributed by atoms with van der Waals surface area (Å²) in [6, 6.07) is 12.9. The van der Waals surface area contributed by atoms with Gasteiger partial charge in [0.2, 0.25) is 0 Å². The van der Waals surface area contributed by atoms with Crippen molar-refractivity contribution >= 4 is 22.5 Å². The predicted octanol–water partition coefficient (Wildman–Crippen LogP) is 4.84. The second-order valence-corrected chi connectivity index (χ2v) is 7.56. The van der Waals surface area contributed by atoms with Crippen molar-refractivity contribution in [3.8, 4) is 5.75 Å². The average molecular weight is 390 g/mol. The summed E-state index contributed by atoms with van der Waals surface area (Å²) in [4.78, 5) is 28.0. The van der Waals surface area contributed by atoms with Crippen LogP contribution < -0.4 is 15.6 Å². The Hall–Kier alpha value is -3.08. The fourth-order valence-corrected chi connectivity index (χ4v) is 3.88. The zero-order chi connectivity index (χ0) is 20.2. The lowest BCUT2D eigenvalue weighted by Gasteiger charge is -2.17. The minimum absolute atomic E-state index is 0.00524. The molecule has 2 N–H and O–H groups in total. The number of carbonyl (C=O) groups excluding carboxylic acids is 1. The summed E-state index contributed by atoms with van der Waals surface area (Å²) in [6.45, 7) is 2.80.